The highest BCUT2D eigenvalue weighted by Gasteiger charge is 2.00. The second kappa shape index (κ2) is 8.21. The van der Waals surface area contributed by atoms with Crippen molar-refractivity contribution in [3.8, 4) is 0 Å². The van der Waals surface area contributed by atoms with Crippen LogP contribution in [0.15, 0.2) is 12.3 Å². The van der Waals surface area contributed by atoms with Crippen LogP contribution in [0.4, 0.5) is 5.95 Å². The largest absolute Gasteiger partial charge is 0.354 e. The molecular weight excluding hydrogens is 186 g/mol. The molecule has 1 aromatic heterocycles. The minimum Gasteiger partial charge on any atom is -0.354 e. The zero-order valence-corrected chi connectivity index (χ0v) is 10.5. The lowest BCUT2D eigenvalue weighted by atomic mass is 10.1. The van der Waals surface area contributed by atoms with Gasteiger partial charge in [0.25, 0.3) is 0 Å². The van der Waals surface area contributed by atoms with Gasteiger partial charge in [0, 0.05) is 18.4 Å². The highest BCUT2D eigenvalue weighted by Crippen LogP contribution is 2.06. The van der Waals surface area contributed by atoms with E-state index < -0.39 is 0 Å². The van der Waals surface area contributed by atoms with E-state index in [-0.39, 0.29) is 0 Å². The Labute approximate surface area is 93.3 Å². The van der Waals surface area contributed by atoms with Crippen molar-refractivity contribution in [3.05, 3.63) is 18.0 Å². The maximum atomic E-state index is 4.38. The smallest absolute Gasteiger partial charge is 0.222 e. The van der Waals surface area contributed by atoms with Gasteiger partial charge in [-0.05, 0) is 25.3 Å². The SMILES string of the molecule is CC.CCNc1nccc(CC(C)C)n1. The minimum absolute atomic E-state index is 0.643. The van der Waals surface area contributed by atoms with E-state index in [9.17, 15) is 0 Å². The molecule has 0 aliphatic carbocycles. The minimum atomic E-state index is 0.643. The molecule has 0 unspecified atom stereocenters. The summed E-state index contributed by atoms with van der Waals surface area (Å²) in [6.07, 6.45) is 2.82. The standard InChI is InChI=1S/C10H17N3.C2H6/c1-4-11-10-12-6-5-9(13-10)7-8(2)3;1-2/h5-6,8H,4,7H2,1-3H3,(H,11,12,13);1-2H3. The first-order valence-corrected chi connectivity index (χ1v) is 5.78. The van der Waals surface area contributed by atoms with E-state index in [1.807, 2.05) is 33.0 Å². The van der Waals surface area contributed by atoms with Gasteiger partial charge in [-0.25, -0.2) is 9.97 Å². The Morgan fingerprint density at radius 1 is 1.33 bits per heavy atom. The molecule has 0 aliphatic rings. The molecule has 0 radical (unpaired) electrons. The summed E-state index contributed by atoms with van der Waals surface area (Å²) in [6, 6.07) is 1.97. The monoisotopic (exact) mass is 209 g/mol. The highest BCUT2D eigenvalue weighted by atomic mass is 15.1. The first kappa shape index (κ1) is 13.9. The van der Waals surface area contributed by atoms with Gasteiger partial charge in [-0.1, -0.05) is 27.7 Å². The molecule has 1 aromatic rings. The summed E-state index contributed by atoms with van der Waals surface area (Å²) >= 11 is 0. The summed E-state index contributed by atoms with van der Waals surface area (Å²) in [7, 11) is 0. The summed E-state index contributed by atoms with van der Waals surface area (Å²) in [4.78, 5) is 8.49. The van der Waals surface area contributed by atoms with Crippen molar-refractivity contribution < 1.29 is 0 Å². The van der Waals surface area contributed by atoms with Gasteiger partial charge in [-0.3, -0.25) is 0 Å². The van der Waals surface area contributed by atoms with Gasteiger partial charge >= 0.3 is 0 Å². The van der Waals surface area contributed by atoms with Gasteiger partial charge in [0.05, 0.1) is 0 Å². The maximum absolute atomic E-state index is 4.38. The fraction of sp³-hybridized carbons (Fsp3) is 0.667. The Kier molecular flexibility index (Phi) is 7.60. The van der Waals surface area contributed by atoms with Crippen molar-refractivity contribution in [2.24, 2.45) is 5.92 Å². The third-order valence-electron chi connectivity index (χ3n) is 1.67. The van der Waals surface area contributed by atoms with Gasteiger partial charge in [-0.2, -0.15) is 0 Å². The molecule has 1 heterocycles. The lowest BCUT2D eigenvalue weighted by Gasteiger charge is -2.05. The lowest BCUT2D eigenvalue weighted by Crippen LogP contribution is -2.05. The third kappa shape index (κ3) is 6.05. The van der Waals surface area contributed by atoms with Crippen molar-refractivity contribution >= 4 is 5.95 Å². The molecule has 15 heavy (non-hydrogen) atoms. The van der Waals surface area contributed by atoms with E-state index >= 15 is 0 Å². The average Bonchev–Trinajstić information content (AvgIpc) is 2.21. The molecule has 0 bridgehead atoms. The van der Waals surface area contributed by atoms with Gasteiger partial charge in [0.15, 0.2) is 0 Å². The summed E-state index contributed by atoms with van der Waals surface area (Å²) < 4.78 is 0. The van der Waals surface area contributed by atoms with Crippen molar-refractivity contribution in [1.29, 1.82) is 0 Å². The molecule has 0 spiro atoms. The van der Waals surface area contributed by atoms with Crippen LogP contribution in [0.5, 0.6) is 0 Å². The Morgan fingerprint density at radius 2 is 2.00 bits per heavy atom. The van der Waals surface area contributed by atoms with Crippen LogP contribution in [-0.2, 0) is 6.42 Å². The number of anilines is 1. The topological polar surface area (TPSA) is 37.8 Å². The molecule has 0 saturated carbocycles. The molecule has 0 atom stereocenters. The highest BCUT2D eigenvalue weighted by molar-refractivity contribution is 5.24. The first-order valence-electron chi connectivity index (χ1n) is 5.78. The number of hydrogen-bond donors (Lipinski definition) is 1. The number of nitrogens with zero attached hydrogens (tertiary/aromatic N) is 2. The van der Waals surface area contributed by atoms with Gasteiger partial charge in [0.1, 0.15) is 0 Å². The van der Waals surface area contributed by atoms with Crippen LogP contribution < -0.4 is 5.32 Å². The fourth-order valence-electron chi connectivity index (χ4n) is 1.17. The van der Waals surface area contributed by atoms with Crippen molar-refractivity contribution in [2.45, 2.75) is 41.0 Å². The maximum Gasteiger partial charge on any atom is 0.222 e. The van der Waals surface area contributed by atoms with Crippen LogP contribution in [0.2, 0.25) is 0 Å². The van der Waals surface area contributed by atoms with Gasteiger partial charge in [-0.15, -0.1) is 0 Å². The zero-order valence-electron chi connectivity index (χ0n) is 10.5. The molecule has 0 saturated heterocycles. The predicted molar refractivity (Wildman–Crippen MR) is 66.1 cm³/mol. The predicted octanol–water partition coefficient (Wildman–Crippen LogP) is 3.13. The van der Waals surface area contributed by atoms with Crippen LogP contribution in [0.1, 0.15) is 40.3 Å². The molecule has 0 amide bonds. The Hall–Kier alpha value is -1.12. The van der Waals surface area contributed by atoms with E-state index in [0.29, 0.717) is 5.92 Å². The van der Waals surface area contributed by atoms with E-state index in [0.717, 1.165) is 24.6 Å². The van der Waals surface area contributed by atoms with E-state index in [1.165, 1.54) is 0 Å². The van der Waals surface area contributed by atoms with Crippen LogP contribution in [0.3, 0.4) is 0 Å². The summed E-state index contributed by atoms with van der Waals surface area (Å²) in [5.74, 6) is 1.38. The Balaban J connectivity index is 0.000000921. The average molecular weight is 209 g/mol. The molecular formula is C12H23N3. The molecule has 86 valence electrons. The molecule has 3 nitrogen and oxygen atoms in total. The first-order chi connectivity index (χ1) is 7.22. The van der Waals surface area contributed by atoms with Crippen molar-refractivity contribution in [1.82, 2.24) is 9.97 Å². The van der Waals surface area contributed by atoms with Gasteiger partial charge < -0.3 is 5.32 Å². The molecule has 0 aliphatic heterocycles. The number of aromatic nitrogens is 2. The molecule has 0 aromatic carbocycles. The molecule has 1 N–H and O–H groups in total. The molecule has 3 heteroatoms. The Morgan fingerprint density at radius 3 is 2.53 bits per heavy atom. The van der Waals surface area contributed by atoms with E-state index in [4.69, 9.17) is 0 Å². The summed E-state index contributed by atoms with van der Waals surface area (Å²) in [5, 5.41) is 3.10. The zero-order chi connectivity index (χ0) is 11.7. The van der Waals surface area contributed by atoms with Crippen molar-refractivity contribution in [3.63, 3.8) is 0 Å². The quantitative estimate of drug-likeness (QED) is 0.828. The summed E-state index contributed by atoms with van der Waals surface area (Å²) in [5.41, 5.74) is 1.11. The number of hydrogen-bond acceptors (Lipinski definition) is 3. The van der Waals surface area contributed by atoms with Crippen LogP contribution in [0.25, 0.3) is 0 Å². The summed E-state index contributed by atoms with van der Waals surface area (Å²) in [6.45, 7) is 11.3. The van der Waals surface area contributed by atoms with Crippen LogP contribution in [-0.4, -0.2) is 16.5 Å². The Bertz CT molecular complexity index is 259. The van der Waals surface area contributed by atoms with Crippen LogP contribution in [0, 0.1) is 5.92 Å². The van der Waals surface area contributed by atoms with E-state index in [2.05, 4.69) is 29.1 Å². The molecule has 1 rings (SSSR count). The number of rotatable bonds is 4. The van der Waals surface area contributed by atoms with Crippen LogP contribution >= 0.6 is 0 Å². The normalized spacial score (nSPS) is 9.47. The lowest BCUT2D eigenvalue weighted by molar-refractivity contribution is 0.634. The van der Waals surface area contributed by atoms with Crippen molar-refractivity contribution in [2.75, 3.05) is 11.9 Å². The fourth-order valence-corrected chi connectivity index (χ4v) is 1.17. The van der Waals surface area contributed by atoms with E-state index in [1.54, 1.807) is 0 Å². The van der Waals surface area contributed by atoms with Gasteiger partial charge in [0.2, 0.25) is 5.95 Å². The third-order valence-corrected chi connectivity index (χ3v) is 1.67. The second-order valence-corrected chi connectivity index (χ2v) is 3.50. The number of nitrogens with one attached hydrogen (secondary N) is 1. The molecule has 0 fully saturated rings. The second-order valence-electron chi connectivity index (χ2n) is 3.50.